The minimum Gasteiger partial charge on any atom is -0.370 e. The Kier molecular flexibility index (Phi) is 5.00. The summed E-state index contributed by atoms with van der Waals surface area (Å²) in [6, 6.07) is 4.37. The van der Waals surface area contributed by atoms with E-state index in [0.717, 1.165) is 12.8 Å². The highest BCUT2D eigenvalue weighted by atomic mass is 32.1. The van der Waals surface area contributed by atoms with E-state index in [1.165, 1.54) is 4.88 Å². The van der Waals surface area contributed by atoms with Gasteiger partial charge in [-0.15, -0.1) is 11.3 Å². The standard InChI is InChI=1S/C13H23N3S/c1-5-7-10(11-8-6-9-17-11)15-12(14)16-13(2,3)4/h6,8-10H,5,7H2,1-4H3,(H3,14,15,16). The van der Waals surface area contributed by atoms with Gasteiger partial charge in [0.25, 0.3) is 0 Å². The Morgan fingerprint density at radius 3 is 2.71 bits per heavy atom. The van der Waals surface area contributed by atoms with Gasteiger partial charge in [-0.25, -0.2) is 4.99 Å². The van der Waals surface area contributed by atoms with Crippen molar-refractivity contribution in [3.05, 3.63) is 22.4 Å². The molecule has 0 aliphatic carbocycles. The molecule has 0 saturated carbocycles. The van der Waals surface area contributed by atoms with Gasteiger partial charge in [0.2, 0.25) is 0 Å². The monoisotopic (exact) mass is 253 g/mol. The number of hydrogen-bond acceptors (Lipinski definition) is 2. The fourth-order valence-corrected chi connectivity index (χ4v) is 2.41. The zero-order valence-electron chi connectivity index (χ0n) is 11.2. The molecule has 0 aliphatic heterocycles. The van der Waals surface area contributed by atoms with Gasteiger partial charge in [0.1, 0.15) is 0 Å². The summed E-state index contributed by atoms with van der Waals surface area (Å²) < 4.78 is 0. The van der Waals surface area contributed by atoms with Crippen LogP contribution >= 0.6 is 11.3 Å². The molecule has 1 atom stereocenters. The van der Waals surface area contributed by atoms with Crippen LogP contribution in [0.5, 0.6) is 0 Å². The van der Waals surface area contributed by atoms with Gasteiger partial charge >= 0.3 is 0 Å². The summed E-state index contributed by atoms with van der Waals surface area (Å²) in [7, 11) is 0. The van der Waals surface area contributed by atoms with E-state index in [-0.39, 0.29) is 11.6 Å². The average molecular weight is 253 g/mol. The molecule has 0 radical (unpaired) electrons. The molecule has 0 aromatic carbocycles. The molecule has 3 N–H and O–H groups in total. The van der Waals surface area contributed by atoms with Crippen LogP contribution in [0.2, 0.25) is 0 Å². The molecule has 1 unspecified atom stereocenters. The number of nitrogens with two attached hydrogens (primary N) is 1. The summed E-state index contributed by atoms with van der Waals surface area (Å²) in [5.74, 6) is 0.532. The van der Waals surface area contributed by atoms with E-state index in [0.29, 0.717) is 5.96 Å². The van der Waals surface area contributed by atoms with Crippen LogP contribution in [-0.2, 0) is 0 Å². The Bertz CT molecular complexity index is 349. The molecule has 0 bridgehead atoms. The van der Waals surface area contributed by atoms with Gasteiger partial charge in [-0.2, -0.15) is 0 Å². The maximum atomic E-state index is 5.94. The second-order valence-electron chi connectivity index (χ2n) is 5.21. The number of hydrogen-bond donors (Lipinski definition) is 2. The molecule has 1 aromatic rings. The van der Waals surface area contributed by atoms with Crippen molar-refractivity contribution < 1.29 is 0 Å². The summed E-state index contributed by atoms with van der Waals surface area (Å²) in [6.45, 7) is 8.41. The average Bonchev–Trinajstić information content (AvgIpc) is 2.66. The quantitative estimate of drug-likeness (QED) is 0.639. The molecule has 1 aromatic heterocycles. The van der Waals surface area contributed by atoms with Gasteiger partial charge in [0.05, 0.1) is 6.04 Å². The molecule has 0 fully saturated rings. The van der Waals surface area contributed by atoms with Crippen molar-refractivity contribution in [1.29, 1.82) is 0 Å². The van der Waals surface area contributed by atoms with Crippen LogP contribution in [0.3, 0.4) is 0 Å². The lowest BCUT2D eigenvalue weighted by Crippen LogP contribution is -2.45. The van der Waals surface area contributed by atoms with E-state index in [9.17, 15) is 0 Å². The molecular weight excluding hydrogens is 230 g/mol. The Hall–Kier alpha value is -1.03. The van der Waals surface area contributed by atoms with Gasteiger partial charge in [0.15, 0.2) is 5.96 Å². The molecule has 0 spiro atoms. The normalized spacial score (nSPS) is 14.7. The van der Waals surface area contributed by atoms with Crippen molar-refractivity contribution in [3.8, 4) is 0 Å². The van der Waals surface area contributed by atoms with Crippen molar-refractivity contribution in [3.63, 3.8) is 0 Å². The number of thiophene rings is 1. The Morgan fingerprint density at radius 1 is 1.53 bits per heavy atom. The molecule has 1 heterocycles. The van der Waals surface area contributed by atoms with Crippen molar-refractivity contribution in [2.75, 3.05) is 0 Å². The van der Waals surface area contributed by atoms with Gasteiger partial charge in [-0.05, 0) is 38.6 Å². The van der Waals surface area contributed by atoms with Crippen LogP contribution in [0.15, 0.2) is 22.5 Å². The molecular formula is C13H23N3S. The number of aliphatic imine (C=N–C) groups is 1. The first-order valence-electron chi connectivity index (χ1n) is 6.07. The van der Waals surface area contributed by atoms with Crippen LogP contribution in [0.4, 0.5) is 0 Å². The molecule has 0 amide bonds. The number of nitrogens with zero attached hydrogens (tertiary/aromatic N) is 1. The highest BCUT2D eigenvalue weighted by Crippen LogP contribution is 2.26. The fourth-order valence-electron chi connectivity index (χ4n) is 1.61. The minimum absolute atomic E-state index is 0.0419. The molecule has 0 saturated heterocycles. The second-order valence-corrected chi connectivity index (χ2v) is 6.19. The minimum atomic E-state index is -0.0419. The summed E-state index contributed by atoms with van der Waals surface area (Å²) in [4.78, 5) is 5.87. The molecule has 3 nitrogen and oxygen atoms in total. The van der Waals surface area contributed by atoms with E-state index < -0.39 is 0 Å². The lowest BCUT2D eigenvalue weighted by Gasteiger charge is -2.22. The third kappa shape index (κ3) is 5.22. The topological polar surface area (TPSA) is 50.4 Å². The van der Waals surface area contributed by atoms with Crippen molar-refractivity contribution in [1.82, 2.24) is 5.32 Å². The number of rotatable bonds is 4. The van der Waals surface area contributed by atoms with Gasteiger partial charge in [-0.1, -0.05) is 19.4 Å². The summed E-state index contributed by atoms with van der Waals surface area (Å²) in [6.07, 6.45) is 2.14. The zero-order chi connectivity index (χ0) is 12.9. The summed E-state index contributed by atoms with van der Waals surface area (Å²) >= 11 is 1.74. The molecule has 17 heavy (non-hydrogen) atoms. The van der Waals surface area contributed by atoms with E-state index in [1.807, 2.05) is 0 Å². The predicted molar refractivity (Wildman–Crippen MR) is 76.5 cm³/mol. The lowest BCUT2D eigenvalue weighted by molar-refractivity contribution is 0.505. The first kappa shape index (κ1) is 14.0. The highest BCUT2D eigenvalue weighted by Gasteiger charge is 2.14. The first-order chi connectivity index (χ1) is 7.92. The Morgan fingerprint density at radius 2 is 2.24 bits per heavy atom. The highest BCUT2D eigenvalue weighted by molar-refractivity contribution is 7.10. The van der Waals surface area contributed by atoms with Crippen molar-refractivity contribution >= 4 is 17.3 Å². The van der Waals surface area contributed by atoms with Gasteiger partial charge in [-0.3, -0.25) is 0 Å². The Labute approximate surface area is 108 Å². The number of nitrogens with one attached hydrogen (secondary N) is 1. The molecule has 1 rings (SSSR count). The maximum absolute atomic E-state index is 5.94. The zero-order valence-corrected chi connectivity index (χ0v) is 12.0. The number of guanidine groups is 1. The van der Waals surface area contributed by atoms with Gasteiger partial charge < -0.3 is 11.1 Å². The summed E-state index contributed by atoms with van der Waals surface area (Å²) in [5.41, 5.74) is 5.90. The second kappa shape index (κ2) is 6.05. The fraction of sp³-hybridized carbons (Fsp3) is 0.615. The van der Waals surface area contributed by atoms with Crippen LogP contribution < -0.4 is 11.1 Å². The van der Waals surface area contributed by atoms with Crippen molar-refractivity contribution in [2.24, 2.45) is 10.7 Å². The van der Waals surface area contributed by atoms with E-state index in [4.69, 9.17) is 5.73 Å². The molecule has 0 aliphatic rings. The lowest BCUT2D eigenvalue weighted by atomic mass is 10.1. The summed E-state index contributed by atoms with van der Waals surface area (Å²) in [5, 5.41) is 5.29. The first-order valence-corrected chi connectivity index (χ1v) is 6.95. The van der Waals surface area contributed by atoms with E-state index in [2.05, 4.69) is 55.5 Å². The predicted octanol–water partition coefficient (Wildman–Crippen LogP) is 3.29. The van der Waals surface area contributed by atoms with Crippen LogP contribution in [-0.4, -0.2) is 11.5 Å². The smallest absolute Gasteiger partial charge is 0.189 e. The molecule has 4 heteroatoms. The van der Waals surface area contributed by atoms with E-state index in [1.54, 1.807) is 11.3 Å². The maximum Gasteiger partial charge on any atom is 0.189 e. The third-order valence-corrected chi connectivity index (χ3v) is 3.21. The van der Waals surface area contributed by atoms with Crippen LogP contribution in [0.25, 0.3) is 0 Å². The SMILES string of the molecule is CCCC(N=C(N)NC(C)(C)C)c1cccs1. The van der Waals surface area contributed by atoms with Crippen LogP contribution in [0.1, 0.15) is 51.5 Å². The van der Waals surface area contributed by atoms with Crippen LogP contribution in [0, 0.1) is 0 Å². The van der Waals surface area contributed by atoms with Crippen molar-refractivity contribution in [2.45, 2.75) is 52.1 Å². The molecule has 96 valence electrons. The Balaban J connectivity index is 2.76. The largest absolute Gasteiger partial charge is 0.370 e. The van der Waals surface area contributed by atoms with E-state index >= 15 is 0 Å². The van der Waals surface area contributed by atoms with Gasteiger partial charge in [0, 0.05) is 10.4 Å². The third-order valence-electron chi connectivity index (χ3n) is 2.23.